The summed E-state index contributed by atoms with van der Waals surface area (Å²) >= 11 is 0.993. The van der Waals surface area contributed by atoms with Crippen LogP contribution in [0.3, 0.4) is 0 Å². The van der Waals surface area contributed by atoms with Crippen LogP contribution >= 0.6 is 11.8 Å². The predicted octanol–water partition coefficient (Wildman–Crippen LogP) is 2.79. The third-order valence-electron chi connectivity index (χ3n) is 3.96. The number of amides is 2. The molecule has 0 saturated heterocycles. The van der Waals surface area contributed by atoms with Crippen LogP contribution in [0, 0.1) is 0 Å². The first-order valence-corrected chi connectivity index (χ1v) is 10.5. The van der Waals surface area contributed by atoms with Gasteiger partial charge in [0.05, 0.1) is 21.4 Å². The number of sulfonamides is 1. The number of hydrogen-bond donors (Lipinski definition) is 3. The van der Waals surface area contributed by atoms with Crippen molar-refractivity contribution in [2.75, 3.05) is 10.6 Å². The Morgan fingerprint density at radius 1 is 1.17 bits per heavy atom. The monoisotopic (exact) mass is 445 g/mol. The van der Waals surface area contributed by atoms with E-state index < -0.39 is 38.8 Å². The summed E-state index contributed by atoms with van der Waals surface area (Å²) in [6.07, 6.45) is -4.76. The van der Waals surface area contributed by atoms with Gasteiger partial charge in [0, 0.05) is 17.0 Å². The Morgan fingerprint density at radius 2 is 1.83 bits per heavy atom. The number of hydrogen-bond acceptors (Lipinski definition) is 5. The highest BCUT2D eigenvalue weighted by Crippen LogP contribution is 2.40. The SMILES string of the molecule is NS(=O)(=O)c1ccc(NC(=O)C[C@@H]2Sc3ccc(C(F)(F)F)cc3NC2=O)cc1. The molecule has 1 aliphatic heterocycles. The number of nitrogens with one attached hydrogen (secondary N) is 2. The number of fused-ring (bicyclic) bond motifs is 1. The van der Waals surface area contributed by atoms with Gasteiger partial charge in [0.25, 0.3) is 0 Å². The van der Waals surface area contributed by atoms with Crippen molar-refractivity contribution in [3.63, 3.8) is 0 Å². The molecule has 7 nitrogen and oxygen atoms in total. The van der Waals surface area contributed by atoms with Gasteiger partial charge in [-0.05, 0) is 42.5 Å². The number of primary sulfonamides is 1. The van der Waals surface area contributed by atoms with E-state index in [4.69, 9.17) is 5.14 Å². The Hall–Kier alpha value is -2.57. The average molecular weight is 445 g/mol. The summed E-state index contributed by atoms with van der Waals surface area (Å²) in [5.41, 5.74) is -0.528. The van der Waals surface area contributed by atoms with Crippen molar-refractivity contribution in [3.8, 4) is 0 Å². The fraction of sp³-hybridized carbons (Fsp3) is 0.176. The summed E-state index contributed by atoms with van der Waals surface area (Å²) in [4.78, 5) is 24.7. The number of thioether (sulfide) groups is 1. The average Bonchev–Trinajstić information content (AvgIpc) is 2.60. The third kappa shape index (κ3) is 5.08. The molecule has 3 rings (SSSR count). The minimum Gasteiger partial charge on any atom is -0.326 e. The summed E-state index contributed by atoms with van der Waals surface area (Å²) in [7, 11) is -3.86. The van der Waals surface area contributed by atoms with Gasteiger partial charge in [-0.25, -0.2) is 13.6 Å². The molecule has 1 aliphatic rings. The van der Waals surface area contributed by atoms with Crippen molar-refractivity contribution in [2.45, 2.75) is 27.6 Å². The standard InChI is InChI=1S/C17H14F3N3O4S2/c18-17(19,20)9-1-6-13-12(7-9)23-16(25)14(28-13)8-15(24)22-10-2-4-11(5-3-10)29(21,26)27/h1-7,14H,8H2,(H,22,24)(H,23,25)(H2,21,26,27)/t14-/m0/s1. The summed E-state index contributed by atoms with van der Waals surface area (Å²) in [5, 5.41) is 9.08. The van der Waals surface area contributed by atoms with Crippen molar-refractivity contribution in [3.05, 3.63) is 48.0 Å². The minimum absolute atomic E-state index is 0.0464. The van der Waals surface area contributed by atoms with Crippen LogP contribution in [-0.4, -0.2) is 25.5 Å². The number of benzene rings is 2. The van der Waals surface area contributed by atoms with Gasteiger partial charge in [-0.15, -0.1) is 11.8 Å². The lowest BCUT2D eigenvalue weighted by atomic mass is 10.1. The molecule has 0 aromatic heterocycles. The number of carbonyl (C=O) groups excluding carboxylic acids is 2. The van der Waals surface area contributed by atoms with E-state index in [1.165, 1.54) is 30.3 Å². The molecule has 4 N–H and O–H groups in total. The summed E-state index contributed by atoms with van der Waals surface area (Å²) in [6.45, 7) is 0. The predicted molar refractivity (Wildman–Crippen MR) is 101 cm³/mol. The summed E-state index contributed by atoms with van der Waals surface area (Å²) in [5.74, 6) is -1.10. The van der Waals surface area contributed by atoms with Gasteiger partial charge in [0.15, 0.2) is 0 Å². The van der Waals surface area contributed by atoms with Crippen molar-refractivity contribution in [2.24, 2.45) is 5.14 Å². The second-order valence-electron chi connectivity index (χ2n) is 6.13. The molecule has 1 atom stereocenters. The van der Waals surface area contributed by atoms with Gasteiger partial charge in [-0.2, -0.15) is 13.2 Å². The second kappa shape index (κ2) is 7.69. The molecule has 12 heteroatoms. The van der Waals surface area contributed by atoms with Gasteiger partial charge in [-0.1, -0.05) is 0 Å². The number of alkyl halides is 3. The van der Waals surface area contributed by atoms with E-state index in [2.05, 4.69) is 10.6 Å². The molecular weight excluding hydrogens is 431 g/mol. The molecular formula is C17H14F3N3O4S2. The Balaban J connectivity index is 1.66. The first kappa shape index (κ1) is 21.1. The smallest absolute Gasteiger partial charge is 0.326 e. The van der Waals surface area contributed by atoms with Gasteiger partial charge in [0.2, 0.25) is 21.8 Å². The molecule has 2 aromatic carbocycles. The fourth-order valence-electron chi connectivity index (χ4n) is 2.57. The molecule has 0 bridgehead atoms. The molecule has 2 aromatic rings. The van der Waals surface area contributed by atoms with Crippen molar-refractivity contribution >= 4 is 45.0 Å². The van der Waals surface area contributed by atoms with Gasteiger partial charge < -0.3 is 10.6 Å². The molecule has 0 aliphatic carbocycles. The minimum atomic E-state index is -4.53. The van der Waals surface area contributed by atoms with E-state index in [0.717, 1.165) is 23.9 Å². The first-order chi connectivity index (χ1) is 13.4. The van der Waals surface area contributed by atoms with E-state index >= 15 is 0 Å². The van der Waals surface area contributed by atoms with E-state index in [0.29, 0.717) is 10.6 Å². The fourth-order valence-corrected chi connectivity index (χ4v) is 4.18. The van der Waals surface area contributed by atoms with Crippen molar-refractivity contribution in [1.29, 1.82) is 0 Å². The van der Waals surface area contributed by atoms with Gasteiger partial charge >= 0.3 is 6.18 Å². The molecule has 29 heavy (non-hydrogen) atoms. The van der Waals surface area contributed by atoms with E-state index in [1.54, 1.807) is 0 Å². The summed E-state index contributed by atoms with van der Waals surface area (Å²) in [6, 6.07) is 8.15. The number of anilines is 2. The maximum Gasteiger partial charge on any atom is 0.416 e. The van der Waals surface area contributed by atoms with Crippen LogP contribution in [0.5, 0.6) is 0 Å². The van der Waals surface area contributed by atoms with E-state index in [1.807, 2.05) is 0 Å². The number of halogens is 3. The molecule has 0 spiro atoms. The van der Waals surface area contributed by atoms with Crippen LogP contribution in [0.15, 0.2) is 52.3 Å². The third-order valence-corrected chi connectivity index (χ3v) is 6.17. The quantitative estimate of drug-likeness (QED) is 0.669. The molecule has 154 valence electrons. The lowest BCUT2D eigenvalue weighted by Gasteiger charge is -2.24. The van der Waals surface area contributed by atoms with Crippen LogP contribution in [0.1, 0.15) is 12.0 Å². The van der Waals surface area contributed by atoms with Gasteiger partial charge in [0.1, 0.15) is 0 Å². The van der Waals surface area contributed by atoms with Crippen LogP contribution in [0.25, 0.3) is 0 Å². The highest BCUT2D eigenvalue weighted by atomic mass is 32.2. The normalized spacial score (nSPS) is 16.7. The van der Waals surface area contributed by atoms with Crippen molar-refractivity contribution < 1.29 is 31.2 Å². The first-order valence-electron chi connectivity index (χ1n) is 8.05. The van der Waals surface area contributed by atoms with Crippen LogP contribution in [-0.2, 0) is 25.8 Å². The highest BCUT2D eigenvalue weighted by Gasteiger charge is 2.34. The molecule has 2 amide bonds. The molecule has 0 saturated carbocycles. The number of rotatable bonds is 4. The molecule has 0 unspecified atom stereocenters. The zero-order valence-electron chi connectivity index (χ0n) is 14.5. The van der Waals surface area contributed by atoms with Crippen LogP contribution in [0.2, 0.25) is 0 Å². The Morgan fingerprint density at radius 3 is 2.41 bits per heavy atom. The Labute approximate surface area is 167 Å². The number of nitrogens with two attached hydrogens (primary N) is 1. The largest absolute Gasteiger partial charge is 0.416 e. The second-order valence-corrected chi connectivity index (χ2v) is 8.93. The highest BCUT2D eigenvalue weighted by molar-refractivity contribution is 8.01. The van der Waals surface area contributed by atoms with Crippen LogP contribution in [0.4, 0.5) is 24.5 Å². The maximum atomic E-state index is 12.8. The summed E-state index contributed by atoms with van der Waals surface area (Å²) < 4.78 is 60.8. The molecule has 1 heterocycles. The molecule has 0 fully saturated rings. The molecule has 0 radical (unpaired) electrons. The zero-order valence-corrected chi connectivity index (χ0v) is 16.1. The Bertz CT molecular complexity index is 1070. The number of carbonyl (C=O) groups is 2. The lowest BCUT2D eigenvalue weighted by molar-refractivity contribution is -0.137. The van der Waals surface area contributed by atoms with E-state index in [-0.39, 0.29) is 17.0 Å². The van der Waals surface area contributed by atoms with Gasteiger partial charge in [-0.3, -0.25) is 9.59 Å². The van der Waals surface area contributed by atoms with E-state index in [9.17, 15) is 31.2 Å². The Kier molecular flexibility index (Phi) is 5.61. The lowest BCUT2D eigenvalue weighted by Crippen LogP contribution is -2.32. The van der Waals surface area contributed by atoms with Crippen LogP contribution < -0.4 is 15.8 Å². The topological polar surface area (TPSA) is 118 Å². The maximum absolute atomic E-state index is 12.8. The zero-order chi connectivity index (χ0) is 21.4. The van der Waals surface area contributed by atoms with Crippen molar-refractivity contribution in [1.82, 2.24) is 0 Å².